The highest BCUT2D eigenvalue weighted by Gasteiger charge is 2.33. The van der Waals surface area contributed by atoms with Gasteiger partial charge < -0.3 is 5.11 Å². The number of rotatable bonds is 2. The molecule has 1 N–H and O–H groups in total. The van der Waals surface area contributed by atoms with Gasteiger partial charge in [-0.3, -0.25) is 0 Å². The normalized spacial score (nSPS) is 38.5. The van der Waals surface area contributed by atoms with Crippen LogP contribution in [-0.4, -0.2) is 22.7 Å². The molecule has 3 atom stereocenters. The maximum Gasteiger partial charge on any atom is 0.0581 e. The maximum atomic E-state index is 9.65. The van der Waals surface area contributed by atoms with Gasteiger partial charge in [-0.25, -0.2) is 0 Å². The molecule has 0 spiro atoms. The summed E-state index contributed by atoms with van der Waals surface area (Å²) in [7, 11) is 0. The molecule has 0 aliphatic heterocycles. The Morgan fingerprint density at radius 2 is 2.00 bits per heavy atom. The molecule has 3 unspecified atom stereocenters. The largest absolute Gasteiger partial charge is 0.393 e. The van der Waals surface area contributed by atoms with Crippen molar-refractivity contribution < 1.29 is 5.11 Å². The fourth-order valence-corrected chi connectivity index (χ4v) is 2.71. The van der Waals surface area contributed by atoms with Gasteiger partial charge in [0.1, 0.15) is 0 Å². The quantitative estimate of drug-likeness (QED) is 0.692. The summed E-state index contributed by atoms with van der Waals surface area (Å²) < 4.78 is 0. The molecule has 1 fully saturated rings. The fourth-order valence-electron chi connectivity index (χ4n) is 1.91. The third-order valence-corrected chi connectivity index (χ3v) is 3.77. The molecule has 1 aliphatic rings. The van der Waals surface area contributed by atoms with Gasteiger partial charge in [0.2, 0.25) is 0 Å². The van der Waals surface area contributed by atoms with Crippen molar-refractivity contribution in [3.05, 3.63) is 0 Å². The van der Waals surface area contributed by atoms with Gasteiger partial charge in [0.05, 0.1) is 6.10 Å². The fraction of sp³-hybridized carbons (Fsp3) is 1.00. The first-order valence-electron chi connectivity index (χ1n) is 4.36. The zero-order valence-electron chi connectivity index (χ0n) is 7.58. The molecule has 1 rings (SSSR count). The summed E-state index contributed by atoms with van der Waals surface area (Å²) in [6, 6.07) is 0. The van der Waals surface area contributed by atoms with Crippen molar-refractivity contribution in [1.29, 1.82) is 0 Å². The van der Waals surface area contributed by atoms with Crippen LogP contribution in [-0.2, 0) is 0 Å². The van der Waals surface area contributed by atoms with E-state index < -0.39 is 0 Å². The minimum Gasteiger partial charge on any atom is -0.393 e. The molecule has 11 heavy (non-hydrogen) atoms. The summed E-state index contributed by atoms with van der Waals surface area (Å²) in [6.07, 6.45) is 4.32. The first-order chi connectivity index (χ1) is 5.15. The third-order valence-electron chi connectivity index (χ3n) is 2.72. The summed E-state index contributed by atoms with van der Waals surface area (Å²) in [5.41, 5.74) is 0. The second-order valence-corrected chi connectivity index (χ2v) is 4.94. The summed E-state index contributed by atoms with van der Waals surface area (Å²) in [6.45, 7) is 4.41. The molecule has 0 radical (unpaired) electrons. The van der Waals surface area contributed by atoms with Crippen molar-refractivity contribution in [2.24, 2.45) is 11.8 Å². The second-order valence-electron chi connectivity index (χ2n) is 3.80. The molecule has 1 aliphatic carbocycles. The Labute approximate surface area is 73.6 Å². The lowest BCUT2D eigenvalue weighted by Gasteiger charge is -2.17. The molecule has 66 valence electrons. The van der Waals surface area contributed by atoms with Crippen LogP contribution in [0.2, 0.25) is 0 Å². The number of thioether (sulfide) groups is 1. The van der Waals surface area contributed by atoms with E-state index in [0.717, 1.165) is 6.42 Å². The molecule has 0 amide bonds. The minimum atomic E-state index is -0.0348. The van der Waals surface area contributed by atoms with Gasteiger partial charge in [0, 0.05) is 5.25 Å². The minimum absolute atomic E-state index is 0.0348. The van der Waals surface area contributed by atoms with E-state index in [1.54, 1.807) is 0 Å². The Morgan fingerprint density at radius 1 is 1.36 bits per heavy atom. The average molecular weight is 174 g/mol. The van der Waals surface area contributed by atoms with Crippen LogP contribution in [0.15, 0.2) is 0 Å². The predicted molar refractivity (Wildman–Crippen MR) is 50.9 cm³/mol. The Hall–Kier alpha value is 0.310. The SMILES string of the molecule is CSC1CC(O)C(C(C)C)C1. The number of hydrogen-bond donors (Lipinski definition) is 1. The molecule has 0 heterocycles. The van der Waals surface area contributed by atoms with Gasteiger partial charge in [-0.05, 0) is 30.9 Å². The zero-order valence-corrected chi connectivity index (χ0v) is 8.40. The van der Waals surface area contributed by atoms with Crippen molar-refractivity contribution in [3.63, 3.8) is 0 Å². The van der Waals surface area contributed by atoms with Crippen molar-refractivity contribution in [2.45, 2.75) is 38.0 Å². The zero-order chi connectivity index (χ0) is 8.43. The van der Waals surface area contributed by atoms with E-state index >= 15 is 0 Å². The highest BCUT2D eigenvalue weighted by Crippen LogP contribution is 2.36. The molecular formula is C9H18OS. The Kier molecular flexibility index (Phi) is 3.26. The summed E-state index contributed by atoms with van der Waals surface area (Å²) in [5.74, 6) is 1.19. The topological polar surface area (TPSA) is 20.2 Å². The highest BCUT2D eigenvalue weighted by atomic mass is 32.2. The van der Waals surface area contributed by atoms with Crippen molar-refractivity contribution in [2.75, 3.05) is 6.26 Å². The van der Waals surface area contributed by atoms with Gasteiger partial charge in [0.15, 0.2) is 0 Å². The molecule has 0 aromatic carbocycles. The van der Waals surface area contributed by atoms with Gasteiger partial charge >= 0.3 is 0 Å². The van der Waals surface area contributed by atoms with E-state index in [1.165, 1.54) is 6.42 Å². The van der Waals surface area contributed by atoms with Crippen LogP contribution in [0, 0.1) is 11.8 Å². The van der Waals surface area contributed by atoms with Crippen LogP contribution in [0.5, 0.6) is 0 Å². The maximum absolute atomic E-state index is 9.65. The van der Waals surface area contributed by atoms with Crippen LogP contribution in [0.25, 0.3) is 0 Å². The first kappa shape index (κ1) is 9.40. The summed E-state index contributed by atoms with van der Waals surface area (Å²) in [4.78, 5) is 0. The van der Waals surface area contributed by atoms with E-state index in [-0.39, 0.29) is 6.10 Å². The number of aliphatic hydroxyl groups excluding tert-OH is 1. The first-order valence-corrected chi connectivity index (χ1v) is 5.64. The smallest absolute Gasteiger partial charge is 0.0581 e. The predicted octanol–water partition coefficient (Wildman–Crippen LogP) is 2.14. The molecule has 1 saturated carbocycles. The van der Waals surface area contributed by atoms with Gasteiger partial charge in [-0.15, -0.1) is 0 Å². The monoisotopic (exact) mass is 174 g/mol. The van der Waals surface area contributed by atoms with E-state index in [2.05, 4.69) is 20.1 Å². The standard InChI is InChI=1S/C9H18OS/c1-6(2)8-4-7(11-3)5-9(8)10/h6-10H,4-5H2,1-3H3. The van der Waals surface area contributed by atoms with Gasteiger partial charge in [-0.2, -0.15) is 11.8 Å². The second kappa shape index (κ2) is 3.81. The van der Waals surface area contributed by atoms with Crippen molar-refractivity contribution >= 4 is 11.8 Å². The van der Waals surface area contributed by atoms with Crippen molar-refractivity contribution in [1.82, 2.24) is 0 Å². The van der Waals surface area contributed by atoms with Crippen LogP contribution >= 0.6 is 11.8 Å². The molecule has 2 heteroatoms. The van der Waals surface area contributed by atoms with E-state index in [9.17, 15) is 5.11 Å². The van der Waals surface area contributed by atoms with Crippen molar-refractivity contribution in [3.8, 4) is 0 Å². The Morgan fingerprint density at radius 3 is 2.27 bits per heavy atom. The Bertz CT molecular complexity index is 125. The molecule has 0 aromatic rings. The van der Waals surface area contributed by atoms with Crippen LogP contribution in [0.3, 0.4) is 0 Å². The highest BCUT2D eigenvalue weighted by molar-refractivity contribution is 7.99. The van der Waals surface area contributed by atoms with E-state index in [0.29, 0.717) is 17.1 Å². The third kappa shape index (κ3) is 2.12. The number of hydrogen-bond acceptors (Lipinski definition) is 2. The Balaban J connectivity index is 2.45. The molecular weight excluding hydrogens is 156 g/mol. The van der Waals surface area contributed by atoms with Crippen LogP contribution in [0.4, 0.5) is 0 Å². The van der Waals surface area contributed by atoms with Gasteiger partial charge in [-0.1, -0.05) is 13.8 Å². The lowest BCUT2D eigenvalue weighted by atomic mass is 9.93. The lowest BCUT2D eigenvalue weighted by molar-refractivity contribution is 0.108. The molecule has 1 nitrogen and oxygen atoms in total. The van der Waals surface area contributed by atoms with E-state index in [4.69, 9.17) is 0 Å². The van der Waals surface area contributed by atoms with Crippen LogP contribution < -0.4 is 0 Å². The van der Waals surface area contributed by atoms with E-state index in [1.807, 2.05) is 11.8 Å². The molecule has 0 bridgehead atoms. The molecule has 0 aromatic heterocycles. The lowest BCUT2D eigenvalue weighted by Crippen LogP contribution is -2.18. The summed E-state index contributed by atoms with van der Waals surface area (Å²) in [5, 5.41) is 10.4. The van der Waals surface area contributed by atoms with Crippen LogP contribution in [0.1, 0.15) is 26.7 Å². The number of aliphatic hydroxyl groups is 1. The molecule has 0 saturated heterocycles. The average Bonchev–Trinajstić information content (AvgIpc) is 2.30. The summed E-state index contributed by atoms with van der Waals surface area (Å²) >= 11 is 1.90. The van der Waals surface area contributed by atoms with Gasteiger partial charge in [0.25, 0.3) is 0 Å².